The minimum atomic E-state index is -5.41. The third-order valence-electron chi connectivity index (χ3n) is 9.66. The van der Waals surface area contributed by atoms with Gasteiger partial charge in [-0.15, -0.1) is 0 Å². The molecule has 1 aliphatic rings. The fraction of sp³-hybridized carbons (Fsp3) is 0.838. The van der Waals surface area contributed by atoms with E-state index in [-0.39, 0.29) is 18.7 Å². The Hall–Kier alpha value is -2.24. The van der Waals surface area contributed by atoms with Gasteiger partial charge in [-0.05, 0) is 30.7 Å². The van der Waals surface area contributed by atoms with Crippen LogP contribution in [0.4, 0.5) is 5.82 Å². The lowest BCUT2D eigenvalue weighted by Crippen LogP contribution is -2.36. The summed E-state index contributed by atoms with van der Waals surface area (Å²) in [6.07, 6.45) is 8.64. The van der Waals surface area contributed by atoms with Gasteiger partial charge in [-0.25, -0.2) is 13.9 Å². The van der Waals surface area contributed by atoms with Crippen molar-refractivity contribution in [1.82, 2.24) is 9.55 Å². The summed E-state index contributed by atoms with van der Waals surface area (Å²) >= 11 is 0. The highest BCUT2D eigenvalue weighted by Crippen LogP contribution is 2.60. The van der Waals surface area contributed by atoms with Crippen molar-refractivity contribution in [1.29, 1.82) is 0 Å². The number of nitrogens with zero attached hydrogens (tertiary/aromatic N) is 2. The zero-order valence-corrected chi connectivity index (χ0v) is 35.8. The first-order valence-corrected chi connectivity index (χ1v) is 23.3. The van der Waals surface area contributed by atoms with Crippen LogP contribution in [0.1, 0.15) is 143 Å². The number of nitrogens with two attached hydrogens (primary N) is 1. The molecule has 6 N–H and O–H groups in total. The van der Waals surface area contributed by atoms with E-state index >= 15 is 0 Å². The maximum Gasteiger partial charge on any atom is 0.481 e. The van der Waals surface area contributed by atoms with E-state index in [1.54, 1.807) is 0 Å². The van der Waals surface area contributed by atoms with E-state index in [1.165, 1.54) is 31.7 Å². The molecular weight excluding hydrogens is 788 g/mol. The van der Waals surface area contributed by atoms with Gasteiger partial charge in [0.25, 0.3) is 0 Å². The number of unbranched alkanes of at least 4 members (excludes halogenated alkanes) is 10. The molecule has 2 heterocycles. The molecule has 57 heavy (non-hydrogen) atoms. The lowest BCUT2D eigenvalue weighted by Gasteiger charge is -2.21. The number of phosphoric acid groups is 2. The van der Waals surface area contributed by atoms with Crippen LogP contribution in [0.5, 0.6) is 0 Å². The van der Waals surface area contributed by atoms with Crippen molar-refractivity contribution in [2.45, 2.75) is 167 Å². The van der Waals surface area contributed by atoms with Crippen LogP contribution in [0.2, 0.25) is 0 Å². The number of aliphatic hydroxyl groups is 2. The van der Waals surface area contributed by atoms with E-state index in [2.05, 4.69) is 37.0 Å². The molecule has 0 aliphatic carbocycles. The Kier molecular flexibility index (Phi) is 23.9. The number of ether oxygens (including phenoxy) is 3. The first-order chi connectivity index (χ1) is 26.9. The molecule has 0 bridgehead atoms. The SMILES string of the molecule is CCC(C)CCCCCCCCC(=O)OC[C@H](COP(=O)(O)OP(=O)(O)OC[C@H]1O[C@@H](n2ccc(N)nc2=O)C(O)[C@H]1O)OC(=O)CCCCCCCCC(C)C. The number of rotatable bonds is 31. The number of esters is 2. The second-order valence-electron chi connectivity index (χ2n) is 15.2. The van der Waals surface area contributed by atoms with E-state index in [0.717, 1.165) is 74.5 Å². The van der Waals surface area contributed by atoms with Gasteiger partial charge in [-0.1, -0.05) is 111 Å². The Morgan fingerprint density at radius 2 is 1.40 bits per heavy atom. The maximum absolute atomic E-state index is 12.7. The van der Waals surface area contributed by atoms with E-state index < -0.39 is 83.7 Å². The third-order valence-corrected chi connectivity index (χ3v) is 12.3. The number of carbonyl (C=O) groups excluding carboxylic acids is 2. The lowest BCUT2D eigenvalue weighted by molar-refractivity contribution is -0.161. The highest BCUT2D eigenvalue weighted by Gasteiger charge is 2.46. The fourth-order valence-electron chi connectivity index (χ4n) is 6.06. The second kappa shape index (κ2) is 26.8. The Bertz CT molecular complexity index is 1480. The topological polar surface area (TPSA) is 265 Å². The molecule has 4 unspecified atom stereocenters. The molecule has 1 aliphatic heterocycles. The van der Waals surface area contributed by atoms with Crippen molar-refractivity contribution in [3.63, 3.8) is 0 Å². The molecule has 8 atom stereocenters. The molecule has 18 nitrogen and oxygen atoms in total. The predicted molar refractivity (Wildman–Crippen MR) is 210 cm³/mol. The summed E-state index contributed by atoms with van der Waals surface area (Å²) in [7, 11) is -10.8. The number of nitrogen functional groups attached to an aromatic ring is 1. The molecule has 0 spiro atoms. The zero-order chi connectivity index (χ0) is 42.4. The van der Waals surface area contributed by atoms with Crippen LogP contribution in [0.25, 0.3) is 0 Å². The summed E-state index contributed by atoms with van der Waals surface area (Å²) in [5.41, 5.74) is 4.56. The molecule has 20 heteroatoms. The highest BCUT2D eigenvalue weighted by molar-refractivity contribution is 7.61. The van der Waals surface area contributed by atoms with Crippen LogP contribution >= 0.6 is 15.6 Å². The molecule has 1 saturated heterocycles. The minimum Gasteiger partial charge on any atom is -0.462 e. The van der Waals surface area contributed by atoms with Gasteiger partial charge in [0, 0.05) is 19.0 Å². The van der Waals surface area contributed by atoms with Crippen LogP contribution in [-0.4, -0.2) is 85.7 Å². The van der Waals surface area contributed by atoms with E-state index in [9.17, 15) is 43.5 Å². The fourth-order valence-corrected chi connectivity index (χ4v) is 8.17. The molecule has 1 fully saturated rings. The highest BCUT2D eigenvalue weighted by atomic mass is 31.3. The number of carbonyl (C=O) groups is 2. The van der Waals surface area contributed by atoms with Crippen LogP contribution in [0.15, 0.2) is 17.1 Å². The maximum atomic E-state index is 12.7. The number of hydrogen-bond acceptors (Lipinski definition) is 15. The van der Waals surface area contributed by atoms with E-state index in [1.807, 2.05) is 0 Å². The average Bonchev–Trinajstić information content (AvgIpc) is 3.42. The Morgan fingerprint density at radius 1 is 0.842 bits per heavy atom. The minimum absolute atomic E-state index is 0.0505. The molecule has 1 aromatic heterocycles. The number of anilines is 1. The molecular formula is C37H67N3O15P2. The first-order valence-electron chi connectivity index (χ1n) is 20.3. The molecule has 330 valence electrons. The van der Waals surface area contributed by atoms with E-state index in [4.69, 9.17) is 29.0 Å². The smallest absolute Gasteiger partial charge is 0.462 e. The van der Waals surface area contributed by atoms with Gasteiger partial charge in [0.15, 0.2) is 12.3 Å². The number of phosphoric ester groups is 2. The zero-order valence-electron chi connectivity index (χ0n) is 34.0. The monoisotopic (exact) mass is 855 g/mol. The van der Waals surface area contributed by atoms with Gasteiger partial charge >= 0.3 is 33.3 Å². The Balaban J connectivity index is 1.88. The van der Waals surface area contributed by atoms with Gasteiger partial charge in [0.2, 0.25) is 0 Å². The molecule has 2 rings (SSSR count). The summed E-state index contributed by atoms with van der Waals surface area (Å²) in [4.78, 5) is 61.3. The quantitative estimate of drug-likeness (QED) is 0.0321. The number of aliphatic hydroxyl groups excluding tert-OH is 2. The van der Waals surface area contributed by atoms with Gasteiger partial charge < -0.3 is 39.9 Å². The summed E-state index contributed by atoms with van der Waals surface area (Å²) in [5, 5.41) is 20.8. The predicted octanol–water partition coefficient (Wildman–Crippen LogP) is 6.09. The van der Waals surface area contributed by atoms with Gasteiger partial charge in [0.05, 0.1) is 13.2 Å². The van der Waals surface area contributed by atoms with Crippen molar-refractivity contribution in [3.8, 4) is 0 Å². The van der Waals surface area contributed by atoms with Gasteiger partial charge in [0.1, 0.15) is 30.7 Å². The second-order valence-corrected chi connectivity index (χ2v) is 18.3. The van der Waals surface area contributed by atoms with Gasteiger partial charge in [-0.3, -0.25) is 23.2 Å². The summed E-state index contributed by atoms with van der Waals surface area (Å²) in [6, 6.07) is 1.24. The first kappa shape index (κ1) is 50.9. The van der Waals surface area contributed by atoms with Crippen molar-refractivity contribution in [2.24, 2.45) is 11.8 Å². The molecule has 0 saturated carbocycles. The standard InChI is InChI=1S/C37H67N3O15P2/c1-5-28(4)19-15-11-7-9-12-16-20-32(41)50-24-29(53-33(42)21-17-13-8-6-10-14-18-27(2)3)25-51-56(46,47)55-57(48,49)52-26-30-34(43)35(44)36(54-30)40-23-22-31(38)39-37(40)45/h22-23,27-30,34-36,43-44H,5-21,24-26H2,1-4H3,(H,46,47)(H,48,49)(H2,38,39,45)/t28?,29-,30-,34+,35?,36-/m1/s1. The van der Waals surface area contributed by atoms with Crippen molar-refractivity contribution < 1.29 is 66.3 Å². The van der Waals surface area contributed by atoms with Crippen molar-refractivity contribution in [2.75, 3.05) is 25.6 Å². The van der Waals surface area contributed by atoms with Crippen LogP contribution in [0, 0.1) is 11.8 Å². The largest absolute Gasteiger partial charge is 0.481 e. The summed E-state index contributed by atoms with van der Waals surface area (Å²) in [5.74, 6) is 0.0865. The summed E-state index contributed by atoms with van der Waals surface area (Å²) < 4.78 is 56.3. The van der Waals surface area contributed by atoms with Crippen LogP contribution in [0.3, 0.4) is 0 Å². The van der Waals surface area contributed by atoms with Gasteiger partial charge in [-0.2, -0.15) is 9.29 Å². The normalized spacial score (nSPS) is 21.5. The molecule has 0 amide bonds. The molecule has 0 aromatic carbocycles. The average molecular weight is 856 g/mol. The van der Waals surface area contributed by atoms with Crippen LogP contribution < -0.4 is 11.4 Å². The number of hydrogen-bond donors (Lipinski definition) is 5. The van der Waals surface area contributed by atoms with Crippen molar-refractivity contribution >= 4 is 33.4 Å². The van der Waals surface area contributed by atoms with Crippen molar-refractivity contribution in [3.05, 3.63) is 22.7 Å². The Morgan fingerprint density at radius 3 is 2.00 bits per heavy atom. The summed E-state index contributed by atoms with van der Waals surface area (Å²) in [6.45, 7) is 6.53. The molecule has 0 radical (unpaired) electrons. The van der Waals surface area contributed by atoms with Crippen LogP contribution in [-0.2, 0) is 46.3 Å². The third kappa shape index (κ3) is 21.5. The lowest BCUT2D eigenvalue weighted by atomic mass is 10.00. The number of aromatic nitrogens is 2. The van der Waals surface area contributed by atoms with E-state index in [0.29, 0.717) is 18.8 Å². The molecule has 1 aromatic rings. The Labute approximate surface area is 336 Å².